The van der Waals surface area contributed by atoms with Crippen molar-refractivity contribution in [3.63, 3.8) is 0 Å². The minimum atomic E-state index is -0.672. The Labute approximate surface area is 206 Å². The van der Waals surface area contributed by atoms with Crippen molar-refractivity contribution in [1.82, 2.24) is 16.0 Å². The van der Waals surface area contributed by atoms with Gasteiger partial charge in [0.2, 0.25) is 11.8 Å². The van der Waals surface area contributed by atoms with Crippen LogP contribution in [0.1, 0.15) is 43.9 Å². The number of benzene rings is 2. The summed E-state index contributed by atoms with van der Waals surface area (Å²) in [5.41, 5.74) is 7.33. The number of hydrogen-bond acceptors (Lipinski definition) is 6. The Morgan fingerprint density at radius 1 is 0.943 bits per heavy atom. The fourth-order valence-corrected chi connectivity index (χ4v) is 3.22. The Bertz CT molecular complexity index is 1000. The van der Waals surface area contributed by atoms with Crippen molar-refractivity contribution in [2.45, 2.75) is 51.8 Å². The van der Waals surface area contributed by atoms with E-state index in [4.69, 9.17) is 15.9 Å². The molecule has 188 valence electrons. The van der Waals surface area contributed by atoms with E-state index in [1.165, 1.54) is 0 Å². The largest absolute Gasteiger partial charge is 0.459 e. The molecular formula is C26H35N5O4. The predicted molar refractivity (Wildman–Crippen MR) is 135 cm³/mol. The number of rotatable bonds is 12. The van der Waals surface area contributed by atoms with Gasteiger partial charge in [-0.25, -0.2) is 0 Å². The summed E-state index contributed by atoms with van der Waals surface area (Å²) in [5.74, 6) is -1.19. The van der Waals surface area contributed by atoms with E-state index in [2.05, 4.69) is 16.0 Å². The number of nitrogens with two attached hydrogens (primary N) is 1. The molecule has 0 aliphatic rings. The monoisotopic (exact) mass is 481 g/mol. The molecule has 6 N–H and O–H groups in total. The number of nitrogen functional groups attached to an aromatic ring is 1. The SMILES string of the molecule is CC(C)(C)OC(=O)CN[C@H](CCc1ccccc1)C(=O)NCC(=O)NCc1ccc(C(=N)N)cc1. The third kappa shape index (κ3) is 10.8. The van der Waals surface area contributed by atoms with E-state index in [-0.39, 0.29) is 37.3 Å². The first-order valence-electron chi connectivity index (χ1n) is 11.5. The van der Waals surface area contributed by atoms with Gasteiger partial charge in [-0.15, -0.1) is 0 Å². The maximum atomic E-state index is 12.8. The van der Waals surface area contributed by atoms with Crippen molar-refractivity contribution in [2.75, 3.05) is 13.1 Å². The maximum absolute atomic E-state index is 12.8. The standard InChI is InChI=1S/C26H35N5O4/c1-26(2,3)35-23(33)17-29-21(14-11-18-7-5-4-6-8-18)25(34)31-16-22(32)30-15-19-9-12-20(13-10-19)24(27)28/h4-10,12-13,21,29H,11,14-17H2,1-3H3,(H3,27,28)(H,30,32)(H,31,34)/t21-/m1/s1. The Balaban J connectivity index is 1.87. The third-order valence-electron chi connectivity index (χ3n) is 4.97. The lowest BCUT2D eigenvalue weighted by Gasteiger charge is -2.22. The van der Waals surface area contributed by atoms with Crippen LogP contribution in [-0.2, 0) is 32.1 Å². The van der Waals surface area contributed by atoms with Crippen molar-refractivity contribution in [3.05, 3.63) is 71.3 Å². The molecule has 0 spiro atoms. The molecule has 0 fully saturated rings. The molecule has 2 rings (SSSR count). The molecular weight excluding hydrogens is 446 g/mol. The summed E-state index contributed by atoms with van der Waals surface area (Å²) in [4.78, 5) is 37.2. The minimum absolute atomic E-state index is 0.0228. The van der Waals surface area contributed by atoms with E-state index in [1.807, 2.05) is 30.3 Å². The lowest BCUT2D eigenvalue weighted by Crippen LogP contribution is -2.49. The van der Waals surface area contributed by atoms with Gasteiger partial charge >= 0.3 is 5.97 Å². The van der Waals surface area contributed by atoms with Crippen LogP contribution in [-0.4, -0.2) is 48.4 Å². The van der Waals surface area contributed by atoms with Crippen molar-refractivity contribution in [1.29, 1.82) is 5.41 Å². The molecule has 0 saturated carbocycles. The van der Waals surface area contributed by atoms with Crippen molar-refractivity contribution in [2.24, 2.45) is 5.73 Å². The average molecular weight is 482 g/mol. The second-order valence-electron chi connectivity index (χ2n) is 9.15. The van der Waals surface area contributed by atoms with Gasteiger partial charge in [0.05, 0.1) is 19.1 Å². The van der Waals surface area contributed by atoms with E-state index in [1.54, 1.807) is 45.0 Å². The normalized spacial score (nSPS) is 11.9. The van der Waals surface area contributed by atoms with Crippen molar-refractivity contribution in [3.8, 4) is 0 Å². The Morgan fingerprint density at radius 3 is 2.20 bits per heavy atom. The van der Waals surface area contributed by atoms with E-state index in [0.29, 0.717) is 18.4 Å². The van der Waals surface area contributed by atoms with Crippen molar-refractivity contribution < 1.29 is 19.1 Å². The molecule has 2 aromatic rings. The second-order valence-corrected chi connectivity index (χ2v) is 9.15. The van der Waals surface area contributed by atoms with Crippen LogP contribution in [0.25, 0.3) is 0 Å². The molecule has 35 heavy (non-hydrogen) atoms. The molecule has 2 amide bonds. The van der Waals surface area contributed by atoms with E-state index in [9.17, 15) is 14.4 Å². The van der Waals surface area contributed by atoms with Crippen LogP contribution < -0.4 is 21.7 Å². The number of amides is 2. The Kier molecular flexibility index (Phi) is 10.4. The molecule has 0 aliphatic carbocycles. The summed E-state index contributed by atoms with van der Waals surface area (Å²) < 4.78 is 5.31. The van der Waals surface area contributed by atoms with Gasteiger partial charge in [0, 0.05) is 12.1 Å². The number of nitrogens with one attached hydrogen (secondary N) is 4. The number of carbonyl (C=O) groups is 3. The molecule has 9 nitrogen and oxygen atoms in total. The molecule has 0 bridgehead atoms. The summed E-state index contributed by atoms with van der Waals surface area (Å²) in [5, 5.41) is 15.8. The highest BCUT2D eigenvalue weighted by molar-refractivity contribution is 5.94. The summed E-state index contributed by atoms with van der Waals surface area (Å²) >= 11 is 0. The van der Waals surface area contributed by atoms with Crippen LogP contribution in [0.5, 0.6) is 0 Å². The number of hydrogen-bond donors (Lipinski definition) is 5. The lowest BCUT2D eigenvalue weighted by molar-refractivity contribution is -0.153. The number of ether oxygens (including phenoxy) is 1. The quantitative estimate of drug-likeness (QED) is 0.177. The van der Waals surface area contributed by atoms with E-state index < -0.39 is 17.6 Å². The van der Waals surface area contributed by atoms with Gasteiger partial charge in [0.1, 0.15) is 11.4 Å². The molecule has 0 aromatic heterocycles. The zero-order valence-corrected chi connectivity index (χ0v) is 20.5. The maximum Gasteiger partial charge on any atom is 0.320 e. The minimum Gasteiger partial charge on any atom is -0.459 e. The number of carbonyl (C=O) groups excluding carboxylic acids is 3. The van der Waals surface area contributed by atoms with E-state index in [0.717, 1.165) is 11.1 Å². The first kappa shape index (κ1) is 27.5. The smallest absolute Gasteiger partial charge is 0.320 e. The van der Waals surface area contributed by atoms with Crippen LogP contribution in [0, 0.1) is 5.41 Å². The van der Waals surface area contributed by atoms with Gasteiger partial charge in [-0.1, -0.05) is 54.6 Å². The summed E-state index contributed by atoms with van der Waals surface area (Å²) in [6, 6.07) is 16.0. The highest BCUT2D eigenvalue weighted by Gasteiger charge is 2.22. The van der Waals surface area contributed by atoms with Crippen LogP contribution >= 0.6 is 0 Å². The summed E-state index contributed by atoms with van der Waals surface area (Å²) in [7, 11) is 0. The highest BCUT2D eigenvalue weighted by atomic mass is 16.6. The third-order valence-corrected chi connectivity index (χ3v) is 4.97. The van der Waals surface area contributed by atoms with Gasteiger partial charge in [-0.2, -0.15) is 0 Å². The van der Waals surface area contributed by atoms with Gasteiger partial charge in [-0.3, -0.25) is 25.1 Å². The number of amidine groups is 1. The molecule has 0 aliphatic heterocycles. The van der Waals surface area contributed by atoms with Crippen LogP contribution in [0.15, 0.2) is 54.6 Å². The average Bonchev–Trinajstić information content (AvgIpc) is 2.81. The van der Waals surface area contributed by atoms with Crippen LogP contribution in [0.4, 0.5) is 0 Å². The second kappa shape index (κ2) is 13.2. The zero-order chi connectivity index (χ0) is 25.8. The molecule has 0 saturated heterocycles. The van der Waals surface area contributed by atoms with Gasteiger partial charge in [0.15, 0.2) is 0 Å². The molecule has 0 heterocycles. The molecule has 9 heteroatoms. The fraction of sp³-hybridized carbons (Fsp3) is 0.385. The number of esters is 1. The molecule has 1 atom stereocenters. The first-order chi connectivity index (χ1) is 16.5. The van der Waals surface area contributed by atoms with Crippen LogP contribution in [0.2, 0.25) is 0 Å². The Morgan fingerprint density at radius 2 is 1.60 bits per heavy atom. The zero-order valence-electron chi connectivity index (χ0n) is 20.5. The first-order valence-corrected chi connectivity index (χ1v) is 11.5. The van der Waals surface area contributed by atoms with E-state index >= 15 is 0 Å². The van der Waals surface area contributed by atoms with Gasteiger partial charge in [0.25, 0.3) is 0 Å². The van der Waals surface area contributed by atoms with Gasteiger partial charge < -0.3 is 21.1 Å². The molecule has 0 unspecified atom stereocenters. The predicted octanol–water partition coefficient (Wildman–Crippen LogP) is 1.64. The van der Waals surface area contributed by atoms with Crippen molar-refractivity contribution >= 4 is 23.6 Å². The van der Waals surface area contributed by atoms with Crippen LogP contribution in [0.3, 0.4) is 0 Å². The molecule has 0 radical (unpaired) electrons. The summed E-state index contributed by atoms with van der Waals surface area (Å²) in [6.07, 6.45) is 1.07. The number of aryl methyl sites for hydroxylation is 1. The summed E-state index contributed by atoms with van der Waals surface area (Å²) in [6.45, 7) is 5.30. The van der Waals surface area contributed by atoms with Gasteiger partial charge in [-0.05, 0) is 44.7 Å². The molecule has 2 aromatic carbocycles. The Hall–Kier alpha value is -3.72. The lowest BCUT2D eigenvalue weighted by atomic mass is 10.0. The topological polar surface area (TPSA) is 146 Å². The highest BCUT2D eigenvalue weighted by Crippen LogP contribution is 2.08. The fourth-order valence-electron chi connectivity index (χ4n) is 3.22.